The fourth-order valence-corrected chi connectivity index (χ4v) is 5.15. The lowest BCUT2D eigenvalue weighted by atomic mass is 9.73. The number of hydrogen-bond donors (Lipinski definition) is 3. The minimum atomic E-state index is -2.58. The van der Waals surface area contributed by atoms with Crippen molar-refractivity contribution < 1.29 is 23.8 Å². The second-order valence-electron chi connectivity index (χ2n) is 10.3. The Bertz CT molecular complexity index is 1270. The standard InChI is InChI=1S/C28H30F2N4O3/c1-28(37,21-7-4-17(5-8-21)27(35)36)23-9-6-19(15-32-23)22-12-20(16-2-3-16)14-25(33-22)34-24-13-18(26(29)30)10-11-31-24/h6,9-17,21,26,37H,2-5,7-8H2,1H3,(H,35,36)(H,31,33,34). The van der Waals surface area contributed by atoms with Gasteiger partial charge in [-0.25, -0.2) is 18.7 Å². The first-order valence-corrected chi connectivity index (χ1v) is 12.7. The first kappa shape index (κ1) is 25.2. The van der Waals surface area contributed by atoms with Crippen LogP contribution in [-0.4, -0.2) is 31.1 Å². The number of nitrogens with one attached hydrogen (secondary N) is 1. The van der Waals surface area contributed by atoms with Gasteiger partial charge in [-0.3, -0.25) is 9.78 Å². The van der Waals surface area contributed by atoms with Gasteiger partial charge in [0.15, 0.2) is 0 Å². The van der Waals surface area contributed by atoms with Gasteiger partial charge in [0.1, 0.15) is 17.2 Å². The van der Waals surface area contributed by atoms with Crippen molar-refractivity contribution in [2.24, 2.45) is 11.8 Å². The molecule has 3 heterocycles. The molecule has 2 saturated carbocycles. The SMILES string of the molecule is CC(O)(c1ccc(-c2cc(C3CC3)cc(Nc3cc(C(F)F)ccn3)n2)cn1)C1CCC(C(=O)O)CC1. The number of carbonyl (C=O) groups is 1. The molecular formula is C28H30F2N4O3. The summed E-state index contributed by atoms with van der Waals surface area (Å²) >= 11 is 0. The monoisotopic (exact) mass is 508 g/mol. The van der Waals surface area contributed by atoms with Gasteiger partial charge < -0.3 is 15.5 Å². The van der Waals surface area contributed by atoms with Crippen LogP contribution in [0.2, 0.25) is 0 Å². The molecule has 0 amide bonds. The zero-order valence-electron chi connectivity index (χ0n) is 20.6. The van der Waals surface area contributed by atoms with Gasteiger partial charge in [-0.15, -0.1) is 0 Å². The number of carboxylic acid groups (broad SMARTS) is 1. The minimum absolute atomic E-state index is 0.0647. The number of pyridine rings is 3. The van der Waals surface area contributed by atoms with Crippen LogP contribution in [0, 0.1) is 11.8 Å². The van der Waals surface area contributed by atoms with Gasteiger partial charge in [0.2, 0.25) is 0 Å². The van der Waals surface area contributed by atoms with Gasteiger partial charge in [-0.2, -0.15) is 0 Å². The van der Waals surface area contributed by atoms with E-state index in [1.807, 2.05) is 18.2 Å². The van der Waals surface area contributed by atoms with Crippen LogP contribution in [0.1, 0.15) is 74.6 Å². The predicted octanol–water partition coefficient (Wildman–Crippen LogP) is 6.20. The molecule has 0 saturated heterocycles. The van der Waals surface area contributed by atoms with Crippen molar-refractivity contribution in [3.05, 3.63) is 65.6 Å². The third-order valence-electron chi connectivity index (χ3n) is 7.64. The Labute approximate surface area is 214 Å². The molecule has 1 atom stereocenters. The van der Waals surface area contributed by atoms with Gasteiger partial charge >= 0.3 is 5.97 Å². The van der Waals surface area contributed by atoms with Crippen LogP contribution in [0.15, 0.2) is 48.8 Å². The average Bonchev–Trinajstić information content (AvgIpc) is 3.75. The number of anilines is 2. The summed E-state index contributed by atoms with van der Waals surface area (Å²) < 4.78 is 26.2. The molecule has 0 spiro atoms. The topological polar surface area (TPSA) is 108 Å². The number of halogens is 2. The molecule has 1 unspecified atom stereocenters. The van der Waals surface area contributed by atoms with Gasteiger partial charge in [0.05, 0.1) is 17.3 Å². The van der Waals surface area contributed by atoms with E-state index in [2.05, 4.69) is 15.3 Å². The van der Waals surface area contributed by atoms with Crippen LogP contribution in [0.3, 0.4) is 0 Å². The van der Waals surface area contributed by atoms with Gasteiger partial charge in [-0.05, 0) is 99.2 Å². The van der Waals surface area contributed by atoms with E-state index in [9.17, 15) is 23.8 Å². The summed E-state index contributed by atoms with van der Waals surface area (Å²) in [6.45, 7) is 1.75. The molecule has 0 aromatic carbocycles. The highest BCUT2D eigenvalue weighted by atomic mass is 19.3. The van der Waals surface area contributed by atoms with E-state index in [-0.39, 0.29) is 17.4 Å². The maximum atomic E-state index is 13.1. The highest BCUT2D eigenvalue weighted by molar-refractivity contribution is 5.70. The van der Waals surface area contributed by atoms with Crippen LogP contribution >= 0.6 is 0 Å². The zero-order chi connectivity index (χ0) is 26.2. The number of nitrogens with zero attached hydrogens (tertiary/aromatic N) is 3. The van der Waals surface area contributed by atoms with Gasteiger partial charge in [0, 0.05) is 23.5 Å². The average molecular weight is 509 g/mol. The number of rotatable bonds is 8. The van der Waals surface area contributed by atoms with Gasteiger partial charge in [-0.1, -0.05) is 0 Å². The summed E-state index contributed by atoms with van der Waals surface area (Å²) in [5, 5.41) is 23.6. The normalized spacial score (nSPS) is 21.4. The molecule has 3 aromatic rings. The summed E-state index contributed by atoms with van der Waals surface area (Å²) in [6.07, 6.45) is 5.00. The molecule has 2 aliphatic carbocycles. The molecular weight excluding hydrogens is 478 g/mol. The van der Waals surface area contributed by atoms with Crippen LogP contribution in [0.5, 0.6) is 0 Å². The lowest BCUT2D eigenvalue weighted by Gasteiger charge is -2.36. The largest absolute Gasteiger partial charge is 0.481 e. The summed E-state index contributed by atoms with van der Waals surface area (Å²) in [6, 6.07) is 10.2. The number of alkyl halides is 2. The highest BCUT2D eigenvalue weighted by Gasteiger charge is 2.39. The highest BCUT2D eigenvalue weighted by Crippen LogP contribution is 2.43. The van der Waals surface area contributed by atoms with Crippen molar-refractivity contribution in [3.63, 3.8) is 0 Å². The van der Waals surface area contributed by atoms with Crippen molar-refractivity contribution in [2.45, 2.75) is 63.4 Å². The third kappa shape index (κ3) is 5.61. The Balaban J connectivity index is 1.37. The number of hydrogen-bond acceptors (Lipinski definition) is 6. The molecule has 37 heavy (non-hydrogen) atoms. The quantitative estimate of drug-likeness (QED) is 0.333. The van der Waals surface area contributed by atoms with Crippen LogP contribution in [0.4, 0.5) is 20.4 Å². The van der Waals surface area contributed by atoms with E-state index in [4.69, 9.17) is 4.98 Å². The summed E-state index contributed by atoms with van der Waals surface area (Å²) in [7, 11) is 0. The molecule has 5 rings (SSSR count). The number of aliphatic carboxylic acids is 1. The van der Waals surface area contributed by atoms with E-state index < -0.39 is 18.0 Å². The first-order valence-electron chi connectivity index (χ1n) is 12.7. The Morgan fingerprint density at radius 3 is 2.41 bits per heavy atom. The van der Waals surface area contributed by atoms with E-state index >= 15 is 0 Å². The molecule has 3 aromatic heterocycles. The summed E-state index contributed by atoms with van der Waals surface area (Å²) in [4.78, 5) is 24.7. The minimum Gasteiger partial charge on any atom is -0.481 e. The van der Waals surface area contributed by atoms with Crippen molar-refractivity contribution in [1.82, 2.24) is 15.0 Å². The first-order chi connectivity index (χ1) is 17.7. The van der Waals surface area contributed by atoms with Crippen LogP contribution in [0.25, 0.3) is 11.3 Å². The van der Waals surface area contributed by atoms with E-state index in [0.717, 1.165) is 24.0 Å². The van der Waals surface area contributed by atoms with E-state index in [0.29, 0.717) is 54.6 Å². The Morgan fingerprint density at radius 2 is 1.78 bits per heavy atom. The van der Waals surface area contributed by atoms with E-state index in [1.165, 1.54) is 18.3 Å². The van der Waals surface area contributed by atoms with Crippen molar-refractivity contribution in [1.29, 1.82) is 0 Å². The summed E-state index contributed by atoms with van der Waals surface area (Å²) in [5.74, 6) is 0.0773. The molecule has 3 N–H and O–H groups in total. The molecule has 2 aliphatic rings. The molecule has 0 aliphatic heterocycles. The van der Waals surface area contributed by atoms with Crippen molar-refractivity contribution in [3.8, 4) is 11.3 Å². The molecule has 194 valence electrons. The number of aliphatic hydroxyl groups is 1. The summed E-state index contributed by atoms with van der Waals surface area (Å²) in [5.41, 5.74) is 1.84. The third-order valence-corrected chi connectivity index (χ3v) is 7.64. The van der Waals surface area contributed by atoms with E-state index in [1.54, 1.807) is 19.2 Å². The van der Waals surface area contributed by atoms with Gasteiger partial charge in [0.25, 0.3) is 6.43 Å². The Morgan fingerprint density at radius 1 is 1.03 bits per heavy atom. The molecule has 0 bridgehead atoms. The van der Waals surface area contributed by atoms with Crippen molar-refractivity contribution >= 4 is 17.6 Å². The maximum Gasteiger partial charge on any atom is 0.306 e. The lowest BCUT2D eigenvalue weighted by molar-refractivity contribution is -0.144. The smallest absolute Gasteiger partial charge is 0.306 e. The number of carboxylic acids is 1. The second-order valence-corrected chi connectivity index (χ2v) is 10.3. The fraction of sp³-hybridized carbons (Fsp3) is 0.429. The van der Waals surface area contributed by atoms with Crippen LogP contribution in [-0.2, 0) is 10.4 Å². The molecule has 0 radical (unpaired) electrons. The predicted molar refractivity (Wildman–Crippen MR) is 135 cm³/mol. The lowest BCUT2D eigenvalue weighted by Crippen LogP contribution is -2.36. The Kier molecular flexibility index (Phi) is 6.90. The maximum absolute atomic E-state index is 13.1. The number of aromatic nitrogens is 3. The van der Waals surface area contributed by atoms with Crippen LogP contribution < -0.4 is 5.32 Å². The van der Waals surface area contributed by atoms with Crippen molar-refractivity contribution in [2.75, 3.05) is 5.32 Å². The molecule has 7 nitrogen and oxygen atoms in total. The second kappa shape index (κ2) is 10.1. The fourth-order valence-electron chi connectivity index (χ4n) is 5.15. The molecule has 2 fully saturated rings. The molecule has 9 heteroatoms. The Hall–Kier alpha value is -3.46. The zero-order valence-corrected chi connectivity index (χ0v) is 20.6.